The van der Waals surface area contributed by atoms with Gasteiger partial charge in [0.05, 0.1) is 26.2 Å². The van der Waals surface area contributed by atoms with Crippen LogP contribution in [0.1, 0.15) is 24.8 Å². The number of likely N-dealkylation sites (tertiary alicyclic amines) is 1. The molecule has 1 aromatic carbocycles. The van der Waals surface area contributed by atoms with Crippen molar-refractivity contribution in [3.05, 3.63) is 23.8 Å². The Morgan fingerprint density at radius 3 is 2.48 bits per heavy atom. The average Bonchev–Trinajstić information content (AvgIpc) is 2.90. The molecule has 1 saturated heterocycles. The topological polar surface area (TPSA) is 41.9 Å². The lowest BCUT2D eigenvalue weighted by atomic mass is 9.62. The van der Waals surface area contributed by atoms with E-state index >= 15 is 0 Å². The van der Waals surface area contributed by atoms with Crippen LogP contribution < -0.4 is 9.47 Å². The molecule has 0 amide bonds. The highest BCUT2D eigenvalue weighted by molar-refractivity contribution is 5.46. The van der Waals surface area contributed by atoms with Gasteiger partial charge in [0.25, 0.3) is 0 Å². The van der Waals surface area contributed by atoms with Crippen molar-refractivity contribution in [1.29, 1.82) is 0 Å². The molecular weight excluding hydrogens is 335 g/mol. The lowest BCUT2D eigenvalue weighted by Crippen LogP contribution is -2.54. The minimum Gasteiger partial charge on any atom is -0.493 e. The van der Waals surface area contributed by atoms with Crippen LogP contribution in [0.2, 0.25) is 0 Å². The van der Waals surface area contributed by atoms with Gasteiger partial charge in [0, 0.05) is 11.5 Å². The molecule has 1 saturated carbocycles. The lowest BCUT2D eigenvalue weighted by molar-refractivity contribution is -0.217. The molecule has 3 rings (SSSR count). The molecule has 2 unspecified atom stereocenters. The summed E-state index contributed by atoms with van der Waals surface area (Å²) in [6.45, 7) is 0.705. The fourth-order valence-electron chi connectivity index (χ4n) is 4.62. The number of rotatable bonds is 3. The molecular formula is C18H24F3NO3. The van der Waals surface area contributed by atoms with Crippen molar-refractivity contribution in [2.24, 2.45) is 5.92 Å². The van der Waals surface area contributed by atoms with Gasteiger partial charge in [-0.15, -0.1) is 0 Å². The maximum atomic E-state index is 13.5. The van der Waals surface area contributed by atoms with Gasteiger partial charge in [0.2, 0.25) is 0 Å². The fourth-order valence-corrected chi connectivity index (χ4v) is 4.62. The van der Waals surface area contributed by atoms with Crippen molar-refractivity contribution in [2.45, 2.75) is 43.0 Å². The maximum absolute atomic E-state index is 13.5. The summed E-state index contributed by atoms with van der Waals surface area (Å²) in [5.74, 6) is -0.644. The van der Waals surface area contributed by atoms with Gasteiger partial charge in [-0.2, -0.15) is 13.2 Å². The van der Waals surface area contributed by atoms with Crippen molar-refractivity contribution in [1.82, 2.24) is 4.90 Å². The summed E-state index contributed by atoms with van der Waals surface area (Å²) < 4.78 is 51.0. The Labute approximate surface area is 145 Å². The van der Waals surface area contributed by atoms with Gasteiger partial charge < -0.3 is 19.5 Å². The van der Waals surface area contributed by atoms with Gasteiger partial charge in [-0.1, -0.05) is 6.07 Å². The summed E-state index contributed by atoms with van der Waals surface area (Å²) in [5.41, 5.74) is 0.175. The number of aliphatic hydroxyl groups excluding tert-OH is 1. The summed E-state index contributed by atoms with van der Waals surface area (Å²) in [6.07, 6.45) is -5.13. The highest BCUT2D eigenvalue weighted by Gasteiger charge is 2.59. The summed E-state index contributed by atoms with van der Waals surface area (Å²) in [5, 5.41) is 10.1. The van der Waals surface area contributed by atoms with E-state index in [1.807, 2.05) is 13.1 Å². The zero-order valence-electron chi connectivity index (χ0n) is 14.6. The van der Waals surface area contributed by atoms with Crippen molar-refractivity contribution >= 4 is 0 Å². The first-order valence-corrected chi connectivity index (χ1v) is 8.40. The SMILES string of the molecule is COc1ccc([C@]23CCN(C)C2C[C@@H](O)C(C(F)(F)F)C3)cc1OC. The molecule has 1 heterocycles. The molecule has 2 aliphatic rings. The Hall–Kier alpha value is -1.47. The summed E-state index contributed by atoms with van der Waals surface area (Å²) >= 11 is 0. The molecule has 2 fully saturated rings. The first-order valence-electron chi connectivity index (χ1n) is 8.40. The van der Waals surface area contributed by atoms with Gasteiger partial charge in [-0.3, -0.25) is 0 Å². The van der Waals surface area contributed by atoms with Gasteiger partial charge in [0.15, 0.2) is 11.5 Å². The Bertz CT molecular complexity index is 636. The molecule has 0 bridgehead atoms. The Morgan fingerprint density at radius 1 is 1.20 bits per heavy atom. The predicted octanol–water partition coefficient (Wildman–Crippen LogP) is 2.98. The van der Waals surface area contributed by atoms with Crippen LogP contribution in [0, 0.1) is 5.92 Å². The molecule has 1 aliphatic carbocycles. The monoisotopic (exact) mass is 359 g/mol. The Morgan fingerprint density at radius 2 is 1.88 bits per heavy atom. The lowest BCUT2D eigenvalue weighted by Gasteiger charge is -2.47. The van der Waals surface area contributed by atoms with Crippen molar-refractivity contribution in [3.63, 3.8) is 0 Å². The Kier molecular flexibility index (Phi) is 4.66. The van der Waals surface area contributed by atoms with Crippen LogP contribution in [0.15, 0.2) is 18.2 Å². The number of benzene rings is 1. The number of aliphatic hydroxyl groups is 1. The smallest absolute Gasteiger partial charge is 0.394 e. The molecule has 1 aromatic rings. The van der Waals surface area contributed by atoms with Gasteiger partial charge in [0.1, 0.15) is 0 Å². The third kappa shape index (κ3) is 2.97. The van der Waals surface area contributed by atoms with Crippen LogP contribution in [0.5, 0.6) is 11.5 Å². The second-order valence-corrected chi connectivity index (χ2v) is 7.13. The zero-order chi connectivity index (χ0) is 18.4. The summed E-state index contributed by atoms with van der Waals surface area (Å²) in [6, 6.07) is 5.24. The minimum atomic E-state index is -4.41. The number of fused-ring (bicyclic) bond motifs is 1. The quantitative estimate of drug-likeness (QED) is 0.901. The first kappa shape index (κ1) is 18.3. The number of halogens is 3. The van der Waals surface area contributed by atoms with Crippen LogP contribution >= 0.6 is 0 Å². The zero-order valence-corrected chi connectivity index (χ0v) is 14.6. The highest BCUT2D eigenvalue weighted by atomic mass is 19.4. The predicted molar refractivity (Wildman–Crippen MR) is 87.0 cm³/mol. The molecule has 4 atom stereocenters. The molecule has 0 spiro atoms. The van der Waals surface area contributed by atoms with Crippen LogP contribution in [0.4, 0.5) is 13.2 Å². The molecule has 1 aliphatic heterocycles. The van der Waals surface area contributed by atoms with Gasteiger partial charge in [-0.25, -0.2) is 0 Å². The van der Waals surface area contributed by atoms with E-state index in [0.29, 0.717) is 24.5 Å². The van der Waals surface area contributed by atoms with Crippen molar-refractivity contribution in [2.75, 3.05) is 27.8 Å². The molecule has 140 valence electrons. The standard InChI is InChI=1S/C18H24F3NO3/c1-22-7-6-17(11-4-5-14(24-2)15(8-11)25-3)10-12(18(19,20)21)13(23)9-16(17)22/h4-5,8,12-13,16,23H,6-7,9-10H2,1-3H3/t12?,13-,16?,17-/m1/s1. The third-order valence-electron chi connectivity index (χ3n) is 5.97. The second kappa shape index (κ2) is 6.36. The van der Waals surface area contributed by atoms with E-state index in [2.05, 4.69) is 4.90 Å². The van der Waals surface area contributed by atoms with E-state index < -0.39 is 23.6 Å². The normalized spacial score (nSPS) is 33.2. The summed E-state index contributed by atoms with van der Waals surface area (Å²) in [4.78, 5) is 2.06. The maximum Gasteiger partial charge on any atom is 0.394 e. The molecule has 0 radical (unpaired) electrons. The summed E-state index contributed by atoms with van der Waals surface area (Å²) in [7, 11) is 4.95. The van der Waals surface area contributed by atoms with Crippen LogP contribution in [0.3, 0.4) is 0 Å². The molecule has 0 aromatic heterocycles. The largest absolute Gasteiger partial charge is 0.493 e. The number of hydrogen-bond donors (Lipinski definition) is 1. The van der Waals surface area contributed by atoms with E-state index in [4.69, 9.17) is 9.47 Å². The van der Waals surface area contributed by atoms with E-state index in [1.165, 1.54) is 14.2 Å². The number of likely N-dealkylation sites (N-methyl/N-ethyl adjacent to an activating group) is 1. The molecule has 7 heteroatoms. The number of hydrogen-bond acceptors (Lipinski definition) is 4. The van der Waals surface area contributed by atoms with E-state index in [0.717, 1.165) is 5.56 Å². The number of alkyl halides is 3. The van der Waals surface area contributed by atoms with E-state index in [9.17, 15) is 18.3 Å². The van der Waals surface area contributed by atoms with Crippen molar-refractivity contribution in [3.8, 4) is 11.5 Å². The Balaban J connectivity index is 2.06. The van der Waals surface area contributed by atoms with Crippen LogP contribution in [-0.4, -0.2) is 56.1 Å². The average molecular weight is 359 g/mol. The van der Waals surface area contributed by atoms with Crippen LogP contribution in [0.25, 0.3) is 0 Å². The molecule has 4 nitrogen and oxygen atoms in total. The number of nitrogens with zero attached hydrogens (tertiary/aromatic N) is 1. The number of methoxy groups -OCH3 is 2. The van der Waals surface area contributed by atoms with Gasteiger partial charge in [-0.05, 0) is 50.6 Å². The first-order chi connectivity index (χ1) is 11.7. The second-order valence-electron chi connectivity index (χ2n) is 7.13. The minimum absolute atomic E-state index is 0.109. The van der Waals surface area contributed by atoms with Crippen molar-refractivity contribution < 1.29 is 27.8 Å². The highest BCUT2D eigenvalue weighted by Crippen LogP contribution is 2.54. The molecule has 25 heavy (non-hydrogen) atoms. The van der Waals surface area contributed by atoms with Gasteiger partial charge >= 0.3 is 6.18 Å². The van der Waals surface area contributed by atoms with Crippen LogP contribution in [-0.2, 0) is 5.41 Å². The third-order valence-corrected chi connectivity index (χ3v) is 5.97. The molecule has 1 N–H and O–H groups in total. The van der Waals surface area contributed by atoms with E-state index in [1.54, 1.807) is 12.1 Å². The number of ether oxygens (including phenoxy) is 2. The van der Waals surface area contributed by atoms with E-state index in [-0.39, 0.29) is 18.9 Å². The fraction of sp³-hybridized carbons (Fsp3) is 0.667.